The van der Waals surface area contributed by atoms with Gasteiger partial charge >= 0.3 is 11.7 Å². The van der Waals surface area contributed by atoms with Gasteiger partial charge in [-0.05, 0) is 18.9 Å². The van der Waals surface area contributed by atoms with E-state index in [2.05, 4.69) is 4.74 Å². The maximum absolute atomic E-state index is 11.5. The molecule has 0 heterocycles. The van der Waals surface area contributed by atoms with Crippen LogP contribution in [0.15, 0.2) is 12.1 Å². The summed E-state index contributed by atoms with van der Waals surface area (Å²) in [6, 6.07) is 2.35. The second kappa shape index (κ2) is 5.05. The normalized spacial score (nSPS) is 13.7. The van der Waals surface area contributed by atoms with Gasteiger partial charge < -0.3 is 9.47 Å². The number of aldehydes is 1. The zero-order valence-electron chi connectivity index (χ0n) is 10.1. The number of hydrogen-bond donors (Lipinski definition) is 0. The molecule has 1 aliphatic rings. The van der Waals surface area contributed by atoms with Crippen molar-refractivity contribution in [2.45, 2.75) is 18.9 Å². The number of nitro groups is 1. The third-order valence-corrected chi connectivity index (χ3v) is 2.65. The van der Waals surface area contributed by atoms with Crippen LogP contribution in [0.4, 0.5) is 5.69 Å². The van der Waals surface area contributed by atoms with Gasteiger partial charge in [-0.25, -0.2) is 4.79 Å². The highest BCUT2D eigenvalue weighted by Gasteiger charge is 2.30. The molecule has 0 unspecified atom stereocenters. The van der Waals surface area contributed by atoms with E-state index in [1.165, 1.54) is 13.2 Å². The van der Waals surface area contributed by atoms with Crippen LogP contribution in [0.5, 0.6) is 5.75 Å². The Morgan fingerprint density at radius 3 is 2.63 bits per heavy atom. The number of esters is 1. The van der Waals surface area contributed by atoms with Gasteiger partial charge in [-0.1, -0.05) is 0 Å². The Hall–Kier alpha value is -2.44. The molecule has 1 fully saturated rings. The number of ether oxygens (including phenoxy) is 2. The Kier molecular flexibility index (Phi) is 3.46. The van der Waals surface area contributed by atoms with E-state index >= 15 is 0 Å². The summed E-state index contributed by atoms with van der Waals surface area (Å²) in [6.07, 6.45) is 1.84. The number of benzene rings is 1. The van der Waals surface area contributed by atoms with Crippen LogP contribution in [0.1, 0.15) is 33.6 Å². The number of carbonyl (C=O) groups is 2. The van der Waals surface area contributed by atoms with Gasteiger partial charge in [-0.15, -0.1) is 0 Å². The predicted molar refractivity (Wildman–Crippen MR) is 63.5 cm³/mol. The minimum Gasteiger partial charge on any atom is -0.483 e. The van der Waals surface area contributed by atoms with E-state index < -0.39 is 16.6 Å². The molecule has 0 saturated heterocycles. The Bertz CT molecular complexity index is 549. The fourth-order valence-corrected chi connectivity index (χ4v) is 1.61. The van der Waals surface area contributed by atoms with E-state index in [0.29, 0.717) is 6.29 Å². The van der Waals surface area contributed by atoms with Crippen molar-refractivity contribution in [2.75, 3.05) is 7.11 Å². The lowest BCUT2D eigenvalue weighted by atomic mass is 10.1. The maximum atomic E-state index is 11.5. The second-order valence-corrected chi connectivity index (χ2v) is 4.10. The van der Waals surface area contributed by atoms with Crippen molar-refractivity contribution < 1.29 is 24.0 Å². The molecule has 19 heavy (non-hydrogen) atoms. The maximum Gasteiger partial charge on any atom is 0.338 e. The van der Waals surface area contributed by atoms with Crippen LogP contribution in [0.2, 0.25) is 0 Å². The topological polar surface area (TPSA) is 95.7 Å². The van der Waals surface area contributed by atoms with Crippen LogP contribution < -0.4 is 4.74 Å². The van der Waals surface area contributed by atoms with Crippen LogP contribution in [0, 0.1) is 10.1 Å². The Morgan fingerprint density at radius 2 is 2.16 bits per heavy atom. The van der Waals surface area contributed by atoms with Crippen molar-refractivity contribution in [1.29, 1.82) is 0 Å². The molecule has 1 aliphatic carbocycles. The van der Waals surface area contributed by atoms with Gasteiger partial charge in [0.1, 0.15) is 0 Å². The smallest absolute Gasteiger partial charge is 0.338 e. The van der Waals surface area contributed by atoms with Gasteiger partial charge in [0.25, 0.3) is 0 Å². The van der Waals surface area contributed by atoms with Gasteiger partial charge in [0.05, 0.1) is 29.3 Å². The lowest BCUT2D eigenvalue weighted by Crippen LogP contribution is -2.08. The SMILES string of the molecule is COC(=O)c1cc(C=O)c([N+](=O)[O-])c(OC2CC2)c1. The summed E-state index contributed by atoms with van der Waals surface area (Å²) in [6.45, 7) is 0. The van der Waals surface area contributed by atoms with Crippen molar-refractivity contribution in [3.8, 4) is 5.75 Å². The molecular weight excluding hydrogens is 254 g/mol. The number of carbonyl (C=O) groups excluding carboxylic acids is 2. The predicted octanol–water partition coefficient (Wildman–Crippen LogP) is 1.74. The highest BCUT2D eigenvalue weighted by Crippen LogP contribution is 2.36. The van der Waals surface area contributed by atoms with Gasteiger partial charge in [0.2, 0.25) is 0 Å². The average molecular weight is 265 g/mol. The molecule has 1 aromatic carbocycles. The molecule has 0 N–H and O–H groups in total. The van der Waals surface area contributed by atoms with Crippen LogP contribution >= 0.6 is 0 Å². The van der Waals surface area contributed by atoms with E-state index in [4.69, 9.17) is 4.74 Å². The number of methoxy groups -OCH3 is 1. The fourth-order valence-electron chi connectivity index (χ4n) is 1.61. The molecular formula is C12H11NO6. The van der Waals surface area contributed by atoms with Gasteiger partial charge in [-0.3, -0.25) is 14.9 Å². The first-order valence-electron chi connectivity index (χ1n) is 5.59. The summed E-state index contributed by atoms with van der Waals surface area (Å²) in [4.78, 5) is 32.7. The largest absolute Gasteiger partial charge is 0.483 e. The van der Waals surface area contributed by atoms with E-state index in [1.807, 2.05) is 0 Å². The second-order valence-electron chi connectivity index (χ2n) is 4.10. The van der Waals surface area contributed by atoms with Crippen molar-refractivity contribution in [1.82, 2.24) is 0 Å². The average Bonchev–Trinajstić information content (AvgIpc) is 3.20. The number of nitro benzene ring substituents is 1. The van der Waals surface area contributed by atoms with Crippen LogP contribution in [-0.4, -0.2) is 30.4 Å². The summed E-state index contributed by atoms with van der Waals surface area (Å²) in [5.74, 6) is -0.754. The summed E-state index contributed by atoms with van der Waals surface area (Å²) in [5, 5.41) is 11.0. The standard InChI is InChI=1S/C12H11NO6/c1-18-12(15)7-4-8(6-14)11(13(16)17)10(5-7)19-9-2-3-9/h4-6,9H,2-3H2,1H3. The lowest BCUT2D eigenvalue weighted by molar-refractivity contribution is -0.386. The van der Waals surface area contributed by atoms with Crippen molar-refractivity contribution in [3.63, 3.8) is 0 Å². The highest BCUT2D eigenvalue weighted by molar-refractivity contribution is 5.94. The molecule has 0 bridgehead atoms. The molecule has 0 spiro atoms. The zero-order valence-corrected chi connectivity index (χ0v) is 10.1. The third kappa shape index (κ3) is 2.70. The van der Waals surface area contributed by atoms with Crippen LogP contribution in [-0.2, 0) is 4.74 Å². The lowest BCUT2D eigenvalue weighted by Gasteiger charge is -2.08. The molecule has 0 aromatic heterocycles. The van der Waals surface area contributed by atoms with Gasteiger partial charge in [0, 0.05) is 6.07 Å². The quantitative estimate of drug-likeness (QED) is 0.348. The summed E-state index contributed by atoms with van der Waals surface area (Å²) in [5.41, 5.74) is -0.580. The highest BCUT2D eigenvalue weighted by atomic mass is 16.6. The Morgan fingerprint density at radius 1 is 1.47 bits per heavy atom. The number of rotatable bonds is 5. The zero-order chi connectivity index (χ0) is 14.0. The number of hydrogen-bond acceptors (Lipinski definition) is 6. The first-order chi connectivity index (χ1) is 9.06. The van der Waals surface area contributed by atoms with Gasteiger partial charge in [0.15, 0.2) is 12.0 Å². The number of nitrogens with zero attached hydrogens (tertiary/aromatic N) is 1. The van der Waals surface area contributed by atoms with Crippen molar-refractivity contribution in [2.24, 2.45) is 0 Å². The Labute approximate surface area is 108 Å². The third-order valence-electron chi connectivity index (χ3n) is 2.65. The van der Waals surface area contributed by atoms with Crippen molar-refractivity contribution >= 4 is 17.9 Å². The van der Waals surface area contributed by atoms with E-state index in [1.54, 1.807) is 0 Å². The molecule has 0 aliphatic heterocycles. The summed E-state index contributed by atoms with van der Waals surface area (Å²) < 4.78 is 9.92. The molecule has 1 saturated carbocycles. The summed E-state index contributed by atoms with van der Waals surface area (Å²) >= 11 is 0. The van der Waals surface area contributed by atoms with E-state index in [9.17, 15) is 19.7 Å². The molecule has 7 heteroatoms. The van der Waals surface area contributed by atoms with E-state index in [-0.39, 0.29) is 23.0 Å². The molecule has 0 radical (unpaired) electrons. The molecule has 0 amide bonds. The Balaban J connectivity index is 2.53. The van der Waals surface area contributed by atoms with Crippen molar-refractivity contribution in [3.05, 3.63) is 33.4 Å². The first kappa shape index (κ1) is 13.0. The first-order valence-corrected chi connectivity index (χ1v) is 5.59. The molecule has 7 nitrogen and oxygen atoms in total. The van der Waals surface area contributed by atoms with Crippen LogP contribution in [0.25, 0.3) is 0 Å². The summed E-state index contributed by atoms with van der Waals surface area (Å²) in [7, 11) is 1.19. The molecule has 100 valence electrons. The van der Waals surface area contributed by atoms with Crippen LogP contribution in [0.3, 0.4) is 0 Å². The minimum absolute atomic E-state index is 0.0471. The molecule has 2 rings (SSSR count). The monoisotopic (exact) mass is 265 g/mol. The molecule has 0 atom stereocenters. The fraction of sp³-hybridized carbons (Fsp3) is 0.333. The molecule has 1 aromatic rings. The van der Waals surface area contributed by atoms with E-state index in [0.717, 1.165) is 18.9 Å². The van der Waals surface area contributed by atoms with Gasteiger partial charge in [-0.2, -0.15) is 0 Å². The minimum atomic E-state index is -0.692.